The van der Waals surface area contributed by atoms with Crippen LogP contribution < -0.4 is 0 Å². The molecule has 0 fully saturated rings. The molecule has 4 nitrogen and oxygen atoms in total. The number of fused-ring (bicyclic) bond motifs is 6. The van der Waals surface area contributed by atoms with Gasteiger partial charge in [-0.1, -0.05) is 78.9 Å². The number of nitrogens with zero attached hydrogens (tertiary/aromatic N) is 4. The Kier molecular flexibility index (Phi) is 11.4. The number of halogens is 3. The molecule has 5 aromatic carbocycles. The summed E-state index contributed by atoms with van der Waals surface area (Å²) in [7, 11) is 1.79. The van der Waals surface area contributed by atoms with Crippen molar-refractivity contribution < 1.29 is 29.8 Å². The van der Waals surface area contributed by atoms with Crippen molar-refractivity contribution in [1.29, 1.82) is 0 Å². The van der Waals surface area contributed by atoms with E-state index in [4.69, 9.17) is 0 Å². The zero-order chi connectivity index (χ0) is 32.1. The number of rotatable bonds is 2. The largest absolute Gasteiger partial charge is 0.304 e. The second kappa shape index (κ2) is 16.2. The summed E-state index contributed by atoms with van der Waals surface area (Å²) in [5.74, 6) is -0.211. The first-order chi connectivity index (χ1) is 22.6. The van der Waals surface area contributed by atoms with Crippen molar-refractivity contribution >= 4 is 49.0 Å². The zero-order valence-electron chi connectivity index (χ0n) is 24.6. The van der Waals surface area contributed by atoms with Crippen molar-refractivity contribution in [3.05, 3.63) is 163 Å². The van der Waals surface area contributed by atoms with E-state index in [-0.39, 0.29) is 5.82 Å². The van der Waals surface area contributed by atoms with Gasteiger partial charge in [0.25, 0.3) is 0 Å². The van der Waals surface area contributed by atoms with Gasteiger partial charge in [-0.25, -0.2) is 4.39 Å². The standard InChI is InChI=1S/C13H8FN.C13H8N.C12H11N2.2FH.Pd/c14-11-5-1-3-9-6-7-10-4-2-8-15-13(10)12(9)11;1-2-6-12-10(4-1)7-8-11-5-3-9-14-13(11)12;1-13-11-7-3-2-6-10(11)12-8-4-5-9-14-12;;;/h1-8H;1-5,7-9H;2-9H,1H3;2*1H;/q;2*-1;;;+2/p-2. The molecule has 0 aliphatic rings. The van der Waals surface area contributed by atoms with Gasteiger partial charge in [0.2, 0.25) is 0 Å². The van der Waals surface area contributed by atoms with Crippen LogP contribution in [0.2, 0.25) is 0 Å². The fourth-order valence-electron chi connectivity index (χ4n) is 5.01. The normalized spacial score (nSPS) is 10.3. The zero-order valence-corrected chi connectivity index (χ0v) is 26.1. The van der Waals surface area contributed by atoms with E-state index < -0.39 is 19.0 Å². The summed E-state index contributed by atoms with van der Waals surface area (Å²) in [6, 6.07) is 44.1. The summed E-state index contributed by atoms with van der Waals surface area (Å²) >= 11 is -2.05. The van der Waals surface area contributed by atoms with E-state index >= 15 is 0 Å². The third-order valence-corrected chi connectivity index (χ3v) is 7.06. The van der Waals surface area contributed by atoms with Crippen LogP contribution in [0.25, 0.3) is 59.9 Å². The van der Waals surface area contributed by atoms with Gasteiger partial charge in [0, 0.05) is 29.4 Å². The molecule has 232 valence electrons. The number of para-hydroxylation sites is 1. The van der Waals surface area contributed by atoms with Crippen LogP contribution in [0.1, 0.15) is 0 Å². The Labute approximate surface area is 274 Å². The molecule has 0 aliphatic heterocycles. The van der Waals surface area contributed by atoms with Gasteiger partial charge in [-0.3, -0.25) is 9.97 Å². The summed E-state index contributed by atoms with van der Waals surface area (Å²) in [6.45, 7) is 0. The van der Waals surface area contributed by atoms with Crippen molar-refractivity contribution in [2.24, 2.45) is 0 Å². The van der Waals surface area contributed by atoms with E-state index in [1.165, 1.54) is 16.8 Å². The molecule has 0 saturated heterocycles. The minimum absolute atomic E-state index is 0.211. The summed E-state index contributed by atoms with van der Waals surface area (Å²) in [6.07, 6.45) is 5.30. The van der Waals surface area contributed by atoms with Gasteiger partial charge in [-0.15, -0.1) is 47.8 Å². The molecule has 8 rings (SSSR count). The molecule has 8 aromatic rings. The fourth-order valence-corrected chi connectivity index (χ4v) is 5.01. The van der Waals surface area contributed by atoms with E-state index in [1.807, 2.05) is 97.2 Å². The third-order valence-electron chi connectivity index (χ3n) is 7.06. The Morgan fingerprint density at radius 2 is 1.20 bits per heavy atom. The van der Waals surface area contributed by atoms with Crippen LogP contribution >= 0.6 is 0 Å². The molecule has 0 spiro atoms. The van der Waals surface area contributed by atoms with E-state index in [9.17, 15) is 10.8 Å². The first kappa shape index (κ1) is 32.2. The van der Waals surface area contributed by atoms with Crippen molar-refractivity contribution in [3.63, 3.8) is 0 Å². The molecular formula is C38H27F3N4Pd-2. The second-order valence-electron chi connectivity index (χ2n) is 9.75. The molecule has 0 atom stereocenters. The monoisotopic (exact) mass is 702 g/mol. The molecule has 0 saturated carbocycles. The van der Waals surface area contributed by atoms with Crippen molar-refractivity contribution in [3.8, 4) is 11.3 Å². The van der Waals surface area contributed by atoms with E-state index in [1.54, 1.807) is 25.5 Å². The van der Waals surface area contributed by atoms with E-state index in [2.05, 4.69) is 50.6 Å². The van der Waals surface area contributed by atoms with Crippen LogP contribution in [0.4, 0.5) is 16.5 Å². The molecule has 0 bridgehead atoms. The summed E-state index contributed by atoms with van der Waals surface area (Å²) in [4.78, 5) is 12.9. The van der Waals surface area contributed by atoms with Gasteiger partial charge < -0.3 is 10.3 Å². The number of pyridine rings is 3. The minimum Gasteiger partial charge on any atom is -0.304 e. The van der Waals surface area contributed by atoms with Crippen LogP contribution in [0, 0.1) is 11.9 Å². The van der Waals surface area contributed by atoms with Crippen molar-refractivity contribution in [2.45, 2.75) is 0 Å². The first-order valence-corrected chi connectivity index (χ1v) is 15.3. The maximum atomic E-state index is 13.7. The molecule has 0 aliphatic carbocycles. The number of hydrogen-bond acceptors (Lipinski definition) is 3. The summed E-state index contributed by atoms with van der Waals surface area (Å²) in [5.41, 5.74) is 4.79. The first-order valence-electron chi connectivity index (χ1n) is 14.1. The van der Waals surface area contributed by atoms with Crippen molar-refractivity contribution in [1.82, 2.24) is 15.0 Å². The van der Waals surface area contributed by atoms with Gasteiger partial charge in [-0.05, 0) is 52.2 Å². The maximum absolute atomic E-state index is 13.7. The number of benzene rings is 5. The Bertz CT molecular complexity index is 2120. The van der Waals surface area contributed by atoms with Crippen molar-refractivity contribution in [2.75, 3.05) is 7.05 Å². The molecule has 3 heterocycles. The van der Waals surface area contributed by atoms with Gasteiger partial charge in [0.05, 0.1) is 11.2 Å². The van der Waals surface area contributed by atoms with Crippen LogP contribution in [-0.2, 0) is 19.0 Å². The molecular weight excluding hydrogens is 676 g/mol. The van der Waals surface area contributed by atoms with E-state index in [0.29, 0.717) is 5.39 Å². The molecule has 0 unspecified atom stereocenters. The molecule has 0 amide bonds. The fraction of sp³-hybridized carbons (Fsp3) is 0.0263. The molecule has 3 aromatic heterocycles. The average molecular weight is 703 g/mol. The molecule has 46 heavy (non-hydrogen) atoms. The van der Waals surface area contributed by atoms with Crippen LogP contribution in [0.5, 0.6) is 0 Å². The minimum atomic E-state index is -2.05. The maximum Gasteiger partial charge on any atom is 0.0161 e. The van der Waals surface area contributed by atoms with Gasteiger partial charge in [-0.2, -0.15) is 0 Å². The predicted octanol–water partition coefficient (Wildman–Crippen LogP) is 10.9. The molecule has 8 heteroatoms. The van der Waals surface area contributed by atoms with Crippen LogP contribution in [-0.4, -0.2) is 22.0 Å². The van der Waals surface area contributed by atoms with Gasteiger partial charge in [0.15, 0.2) is 0 Å². The SMILES string of the molecule is C[N-]c1ccccc1-c1ccccn1.Fc1cccc2ccc3cccnc3c12.[F][Pd][F].[c-]1cccc2ccc3cccnc3c12. The van der Waals surface area contributed by atoms with E-state index in [0.717, 1.165) is 44.1 Å². The molecule has 0 N–H and O–H groups in total. The second-order valence-corrected chi connectivity index (χ2v) is 9.98. The Balaban J connectivity index is 0.000000130. The van der Waals surface area contributed by atoms with Gasteiger partial charge >= 0.3 is 25.5 Å². The van der Waals surface area contributed by atoms with Crippen LogP contribution in [0.15, 0.2) is 146 Å². The number of hydrogen-bond donors (Lipinski definition) is 0. The Hall–Kier alpha value is -5.16. The third kappa shape index (κ3) is 7.73. The quantitative estimate of drug-likeness (QED) is 0.102. The predicted molar refractivity (Wildman–Crippen MR) is 178 cm³/mol. The smallest absolute Gasteiger partial charge is 0.0161 e. The topological polar surface area (TPSA) is 52.8 Å². The molecule has 0 radical (unpaired) electrons. The van der Waals surface area contributed by atoms with Crippen LogP contribution in [0.3, 0.4) is 0 Å². The van der Waals surface area contributed by atoms with Gasteiger partial charge in [0.1, 0.15) is 5.82 Å². The Morgan fingerprint density at radius 1 is 0.587 bits per heavy atom. The Morgan fingerprint density at radius 3 is 1.93 bits per heavy atom. The average Bonchev–Trinajstić information content (AvgIpc) is 3.13. The summed E-state index contributed by atoms with van der Waals surface area (Å²) < 4.78 is 33.0. The number of aromatic nitrogens is 3. The summed E-state index contributed by atoms with van der Waals surface area (Å²) in [5, 5.41) is 10.1.